The molecule has 1 saturated heterocycles. The molecule has 0 aromatic heterocycles. The molecule has 0 spiro atoms. The predicted molar refractivity (Wildman–Crippen MR) is 49.1 cm³/mol. The second-order valence-corrected chi connectivity index (χ2v) is 3.08. The minimum atomic E-state index is -0.342. The number of unbranched alkanes of at least 4 members (excludes halogenated alkanes) is 1. The molecule has 0 N–H and O–H groups in total. The quantitative estimate of drug-likeness (QED) is 0.381. The largest absolute Gasteiger partial charge is 0.432 e. The summed E-state index contributed by atoms with van der Waals surface area (Å²) < 4.78 is 10.3. The van der Waals surface area contributed by atoms with Crippen LogP contribution in [-0.4, -0.2) is 18.9 Å². The number of rotatable bonds is 4. The summed E-state index contributed by atoms with van der Waals surface area (Å²) in [6.07, 6.45) is 4.14. The smallest absolute Gasteiger partial charge is 0.336 e. The Kier molecular flexibility index (Phi) is 3.96. The van der Waals surface area contributed by atoms with Gasteiger partial charge in [0, 0.05) is 12.0 Å². The van der Waals surface area contributed by atoms with Crippen molar-refractivity contribution in [1.82, 2.24) is 0 Å². The number of esters is 1. The van der Waals surface area contributed by atoms with Gasteiger partial charge in [0.15, 0.2) is 0 Å². The van der Waals surface area contributed by atoms with Crippen molar-refractivity contribution in [2.45, 2.75) is 39.4 Å². The third kappa shape index (κ3) is 2.84. The van der Waals surface area contributed by atoms with E-state index >= 15 is 0 Å². The minimum Gasteiger partial charge on any atom is -0.432 e. The molecule has 1 unspecified atom stereocenters. The molecule has 1 atom stereocenters. The number of carbonyl (C=O) groups is 1. The molecule has 3 nitrogen and oxygen atoms in total. The summed E-state index contributed by atoms with van der Waals surface area (Å²) in [4.78, 5) is 11.1. The van der Waals surface area contributed by atoms with Gasteiger partial charge < -0.3 is 9.47 Å². The van der Waals surface area contributed by atoms with Gasteiger partial charge in [0.2, 0.25) is 6.29 Å². The van der Waals surface area contributed by atoms with Crippen LogP contribution in [0.25, 0.3) is 0 Å². The maximum atomic E-state index is 11.1. The van der Waals surface area contributed by atoms with E-state index in [9.17, 15) is 4.79 Å². The van der Waals surface area contributed by atoms with Gasteiger partial charge in [-0.15, -0.1) is 0 Å². The molecule has 3 heteroatoms. The molecule has 1 aliphatic rings. The zero-order valence-electron chi connectivity index (χ0n) is 8.21. The average molecular weight is 184 g/mol. The van der Waals surface area contributed by atoms with Crippen molar-refractivity contribution in [3.8, 4) is 0 Å². The summed E-state index contributed by atoms with van der Waals surface area (Å²) in [6.45, 7) is 4.61. The highest BCUT2D eigenvalue weighted by atomic mass is 16.7. The van der Waals surface area contributed by atoms with Crippen LogP contribution in [0.2, 0.25) is 0 Å². The summed E-state index contributed by atoms with van der Waals surface area (Å²) in [5.74, 6) is -0.232. The van der Waals surface area contributed by atoms with Crippen LogP contribution in [0, 0.1) is 0 Å². The first-order chi connectivity index (χ1) is 6.27. The topological polar surface area (TPSA) is 35.5 Å². The summed E-state index contributed by atoms with van der Waals surface area (Å²) in [5, 5.41) is 0. The van der Waals surface area contributed by atoms with E-state index in [-0.39, 0.29) is 12.3 Å². The zero-order chi connectivity index (χ0) is 9.68. The molecule has 74 valence electrons. The second-order valence-electron chi connectivity index (χ2n) is 3.08. The van der Waals surface area contributed by atoms with Crippen molar-refractivity contribution < 1.29 is 14.3 Å². The van der Waals surface area contributed by atoms with Gasteiger partial charge >= 0.3 is 5.97 Å². The van der Waals surface area contributed by atoms with Gasteiger partial charge in [0.05, 0.1) is 6.61 Å². The third-order valence-electron chi connectivity index (χ3n) is 2.04. The number of ether oxygens (including phenoxy) is 2. The number of cyclic esters (lactones) is 1. The Morgan fingerprint density at radius 3 is 3.00 bits per heavy atom. The van der Waals surface area contributed by atoms with E-state index in [1.165, 1.54) is 0 Å². The summed E-state index contributed by atoms with van der Waals surface area (Å²) >= 11 is 0. The maximum Gasteiger partial charge on any atom is 0.336 e. The predicted octanol–water partition coefficient (Wildman–Crippen LogP) is 2.02. The van der Waals surface area contributed by atoms with Crippen LogP contribution >= 0.6 is 0 Å². The van der Waals surface area contributed by atoms with Gasteiger partial charge in [-0.2, -0.15) is 0 Å². The van der Waals surface area contributed by atoms with Gasteiger partial charge in [-0.25, -0.2) is 4.79 Å². The van der Waals surface area contributed by atoms with Gasteiger partial charge in [-0.05, 0) is 13.3 Å². The lowest BCUT2D eigenvalue weighted by Gasteiger charge is -2.08. The average Bonchev–Trinajstić information content (AvgIpc) is 2.47. The van der Waals surface area contributed by atoms with E-state index in [2.05, 4.69) is 6.92 Å². The van der Waals surface area contributed by atoms with Crippen molar-refractivity contribution in [3.63, 3.8) is 0 Å². The van der Waals surface area contributed by atoms with Crippen LogP contribution in [0.1, 0.15) is 33.1 Å². The van der Waals surface area contributed by atoms with E-state index in [1.54, 1.807) is 6.08 Å². The molecule has 0 aromatic carbocycles. The first-order valence-electron chi connectivity index (χ1n) is 4.75. The van der Waals surface area contributed by atoms with E-state index < -0.39 is 0 Å². The first kappa shape index (κ1) is 10.3. The summed E-state index contributed by atoms with van der Waals surface area (Å²) in [5.41, 5.74) is 0.724. The van der Waals surface area contributed by atoms with Crippen LogP contribution in [-0.2, 0) is 14.3 Å². The Bertz CT molecular complexity index is 208. The summed E-state index contributed by atoms with van der Waals surface area (Å²) in [6, 6.07) is 0. The third-order valence-corrected chi connectivity index (χ3v) is 2.04. The maximum absolute atomic E-state index is 11.1. The van der Waals surface area contributed by atoms with Gasteiger partial charge in [-0.3, -0.25) is 0 Å². The molecule has 0 aliphatic carbocycles. The first-order valence-corrected chi connectivity index (χ1v) is 4.75. The van der Waals surface area contributed by atoms with Gasteiger partial charge in [0.25, 0.3) is 0 Å². The number of allylic oxidation sites excluding steroid dienone is 1. The number of hydrogen-bond donors (Lipinski definition) is 0. The summed E-state index contributed by atoms with van der Waals surface area (Å²) in [7, 11) is 0. The van der Waals surface area contributed by atoms with Crippen molar-refractivity contribution in [2.75, 3.05) is 6.61 Å². The van der Waals surface area contributed by atoms with Crippen LogP contribution in [0.15, 0.2) is 11.6 Å². The minimum absolute atomic E-state index is 0.232. The highest BCUT2D eigenvalue weighted by Crippen LogP contribution is 2.20. The van der Waals surface area contributed by atoms with Crippen molar-refractivity contribution in [2.24, 2.45) is 0 Å². The molecule has 13 heavy (non-hydrogen) atoms. The molecular weight excluding hydrogens is 168 g/mol. The van der Waals surface area contributed by atoms with Crippen LogP contribution in [0.4, 0.5) is 0 Å². The number of carbonyl (C=O) groups excluding carboxylic acids is 1. The van der Waals surface area contributed by atoms with E-state index in [0.717, 1.165) is 18.4 Å². The molecule has 1 fully saturated rings. The zero-order valence-corrected chi connectivity index (χ0v) is 8.21. The normalized spacial score (nSPS) is 25.2. The Hall–Kier alpha value is -0.830. The van der Waals surface area contributed by atoms with E-state index in [0.29, 0.717) is 13.0 Å². The van der Waals surface area contributed by atoms with Crippen molar-refractivity contribution in [3.05, 3.63) is 11.6 Å². The fourth-order valence-corrected chi connectivity index (χ4v) is 1.19. The lowest BCUT2D eigenvalue weighted by molar-refractivity contribution is -0.161. The molecule has 1 aliphatic heterocycles. The number of hydrogen-bond acceptors (Lipinski definition) is 3. The van der Waals surface area contributed by atoms with Crippen molar-refractivity contribution >= 4 is 5.97 Å². The van der Waals surface area contributed by atoms with Crippen molar-refractivity contribution in [1.29, 1.82) is 0 Å². The van der Waals surface area contributed by atoms with E-state index in [4.69, 9.17) is 9.47 Å². The van der Waals surface area contributed by atoms with Gasteiger partial charge in [-0.1, -0.05) is 19.4 Å². The molecule has 1 rings (SSSR count). The molecule has 0 bridgehead atoms. The SMILES string of the molecule is C/C=C1\CC(OCCCC)OC1=O. The lowest BCUT2D eigenvalue weighted by atomic mass is 10.2. The Morgan fingerprint density at radius 1 is 1.69 bits per heavy atom. The fourth-order valence-electron chi connectivity index (χ4n) is 1.19. The van der Waals surface area contributed by atoms with E-state index in [1.807, 2.05) is 6.92 Å². The molecule has 0 aromatic rings. The van der Waals surface area contributed by atoms with Crippen LogP contribution < -0.4 is 0 Å². The van der Waals surface area contributed by atoms with Crippen LogP contribution in [0.5, 0.6) is 0 Å². The molecule has 0 radical (unpaired) electrons. The lowest BCUT2D eigenvalue weighted by Crippen LogP contribution is -2.12. The molecule has 1 heterocycles. The molecular formula is C10H16O3. The monoisotopic (exact) mass is 184 g/mol. The highest BCUT2D eigenvalue weighted by molar-refractivity contribution is 5.90. The second kappa shape index (κ2) is 5.02. The molecule has 0 saturated carbocycles. The van der Waals surface area contributed by atoms with Gasteiger partial charge in [0.1, 0.15) is 0 Å². The molecule has 0 amide bonds. The Labute approximate surface area is 78.7 Å². The highest BCUT2D eigenvalue weighted by Gasteiger charge is 2.28. The fraction of sp³-hybridized carbons (Fsp3) is 0.700. The Balaban J connectivity index is 2.28. The van der Waals surface area contributed by atoms with Crippen LogP contribution in [0.3, 0.4) is 0 Å². The Morgan fingerprint density at radius 2 is 2.46 bits per heavy atom. The standard InChI is InChI=1S/C10H16O3/c1-3-5-6-12-9-7-8(4-2)10(11)13-9/h4,9H,3,5-7H2,1-2H3/b8-4+.